The highest BCUT2D eigenvalue weighted by Crippen LogP contribution is 2.44. The van der Waals surface area contributed by atoms with E-state index in [1.54, 1.807) is 14.0 Å². The molecule has 2 heterocycles. The molecule has 2 aromatic carbocycles. The number of aromatic amines is 1. The third-order valence-corrected chi connectivity index (χ3v) is 6.95. The fourth-order valence-electron chi connectivity index (χ4n) is 5.09. The van der Waals surface area contributed by atoms with Crippen LogP contribution in [0.2, 0.25) is 0 Å². The van der Waals surface area contributed by atoms with Gasteiger partial charge in [0.05, 0.1) is 25.7 Å². The first kappa shape index (κ1) is 26.0. The summed E-state index contributed by atoms with van der Waals surface area (Å²) in [4.78, 5) is 17.7. The molecular weight excluding hydrogens is 461 g/mol. The molecule has 0 saturated heterocycles. The second-order valence-electron chi connectivity index (χ2n) is 9.50. The summed E-state index contributed by atoms with van der Waals surface area (Å²) in [6, 6.07) is 14.0. The largest absolute Gasteiger partial charge is 0.496 e. The monoisotopic (exact) mass is 497 g/mol. The molecule has 0 spiro atoms. The number of alkyl halides is 1. The zero-order valence-corrected chi connectivity index (χ0v) is 21.2. The number of halogens is 1. The van der Waals surface area contributed by atoms with Crippen LogP contribution in [0.15, 0.2) is 42.5 Å². The lowest BCUT2D eigenvalue weighted by atomic mass is 9.87. The number of fused-ring (bicyclic) bond motifs is 3. The molecule has 0 unspecified atom stereocenters. The van der Waals surface area contributed by atoms with Crippen LogP contribution < -0.4 is 14.8 Å². The van der Waals surface area contributed by atoms with Crippen molar-refractivity contribution in [1.29, 1.82) is 0 Å². The van der Waals surface area contributed by atoms with Gasteiger partial charge in [0.1, 0.15) is 18.1 Å². The number of rotatable bonds is 12. The quantitative estimate of drug-likeness (QED) is 0.318. The maximum Gasteiger partial charge on any atom is 0.307 e. The molecule has 8 heteroatoms. The van der Waals surface area contributed by atoms with Crippen LogP contribution >= 0.6 is 0 Å². The van der Waals surface area contributed by atoms with Gasteiger partial charge in [0.15, 0.2) is 0 Å². The number of carbonyl (C=O) groups is 1. The Morgan fingerprint density at radius 1 is 1.28 bits per heavy atom. The molecule has 1 aliphatic rings. The van der Waals surface area contributed by atoms with E-state index in [0.29, 0.717) is 38.4 Å². The molecule has 0 amide bonds. The first-order chi connectivity index (χ1) is 17.4. The van der Waals surface area contributed by atoms with Gasteiger partial charge in [-0.25, -0.2) is 0 Å². The normalized spacial score (nSPS) is 18.7. The maximum atomic E-state index is 12.3. The summed E-state index contributed by atoms with van der Waals surface area (Å²) in [6.07, 6.45) is 1.31. The molecule has 4 rings (SSSR count). The van der Waals surface area contributed by atoms with Crippen LogP contribution in [0.4, 0.5) is 4.39 Å². The Hall–Kier alpha value is -3.10. The molecule has 3 N–H and O–H groups in total. The Morgan fingerprint density at radius 3 is 2.83 bits per heavy atom. The van der Waals surface area contributed by atoms with Gasteiger partial charge in [-0.3, -0.25) is 14.1 Å². The lowest BCUT2D eigenvalue weighted by Gasteiger charge is -2.42. The van der Waals surface area contributed by atoms with Crippen LogP contribution in [0, 0.1) is 5.92 Å². The van der Waals surface area contributed by atoms with E-state index < -0.39 is 11.9 Å². The van der Waals surface area contributed by atoms with Crippen molar-refractivity contribution in [3.63, 3.8) is 0 Å². The number of H-pyrrole nitrogens is 1. The SMILES string of the molecule is COc1ccc(OCCNCCCF)cc1[C@@H]1c2[nH]c3ccccc3c2C[C@@H](C)N1C[C@H](C)C(=O)O. The van der Waals surface area contributed by atoms with Gasteiger partial charge in [0.25, 0.3) is 0 Å². The number of methoxy groups -OCH3 is 1. The van der Waals surface area contributed by atoms with Gasteiger partial charge in [-0.1, -0.05) is 25.1 Å². The number of hydrogen-bond acceptors (Lipinski definition) is 5. The number of carboxylic acids is 1. The molecule has 36 heavy (non-hydrogen) atoms. The molecule has 0 bridgehead atoms. The molecule has 0 fully saturated rings. The lowest BCUT2D eigenvalue weighted by Crippen LogP contribution is -2.45. The van der Waals surface area contributed by atoms with Crippen molar-refractivity contribution in [2.24, 2.45) is 5.92 Å². The van der Waals surface area contributed by atoms with Crippen LogP contribution in [-0.4, -0.2) is 67.0 Å². The average molecular weight is 498 g/mol. The van der Waals surface area contributed by atoms with E-state index in [0.717, 1.165) is 28.9 Å². The predicted molar refractivity (Wildman–Crippen MR) is 139 cm³/mol. The zero-order chi connectivity index (χ0) is 25.7. The minimum atomic E-state index is -0.812. The molecule has 194 valence electrons. The van der Waals surface area contributed by atoms with Crippen LogP contribution in [0.3, 0.4) is 0 Å². The maximum absolute atomic E-state index is 12.3. The Bertz CT molecular complexity index is 1180. The molecule has 1 aromatic heterocycles. The van der Waals surface area contributed by atoms with E-state index in [1.165, 1.54) is 10.9 Å². The standard InChI is InChI=1S/C28H36FN3O4/c1-18(28(33)34)17-32-19(2)15-22-21-7-4-5-8-24(21)31-26(22)27(32)23-16-20(9-10-25(23)35-3)36-14-13-30-12-6-11-29/h4-5,7-10,16,18-19,27,30-31H,6,11-15,17H2,1-3H3,(H,33,34)/t18-,19+,27+/m0/s1. The number of aromatic nitrogens is 1. The summed E-state index contributed by atoms with van der Waals surface area (Å²) in [5.41, 5.74) is 4.32. The van der Waals surface area contributed by atoms with Crippen molar-refractivity contribution >= 4 is 16.9 Å². The number of carboxylic acid groups (broad SMARTS) is 1. The third kappa shape index (κ3) is 5.50. The Balaban J connectivity index is 1.72. The lowest BCUT2D eigenvalue weighted by molar-refractivity contribution is -0.142. The first-order valence-electron chi connectivity index (χ1n) is 12.6. The smallest absolute Gasteiger partial charge is 0.307 e. The number of nitrogens with one attached hydrogen (secondary N) is 2. The molecule has 0 saturated carbocycles. The van der Waals surface area contributed by atoms with E-state index in [2.05, 4.69) is 34.3 Å². The number of nitrogens with zero attached hydrogens (tertiary/aromatic N) is 1. The van der Waals surface area contributed by atoms with Crippen molar-refractivity contribution in [2.45, 2.75) is 38.8 Å². The van der Waals surface area contributed by atoms with Crippen LogP contribution in [0.25, 0.3) is 10.9 Å². The highest BCUT2D eigenvalue weighted by molar-refractivity contribution is 5.85. The second-order valence-corrected chi connectivity index (χ2v) is 9.50. The molecule has 3 atom stereocenters. The van der Waals surface area contributed by atoms with Gasteiger partial charge in [-0.05, 0) is 56.1 Å². The second kappa shape index (κ2) is 11.8. The predicted octanol–water partition coefficient (Wildman–Crippen LogP) is 4.56. The molecule has 7 nitrogen and oxygen atoms in total. The highest BCUT2D eigenvalue weighted by atomic mass is 19.1. The number of benzene rings is 2. The zero-order valence-electron chi connectivity index (χ0n) is 21.2. The summed E-state index contributed by atoms with van der Waals surface area (Å²) in [5.74, 6) is 0.0923. The van der Waals surface area contributed by atoms with Gasteiger partial charge in [0, 0.05) is 41.3 Å². The van der Waals surface area contributed by atoms with Gasteiger partial charge < -0.3 is 24.9 Å². The van der Waals surface area contributed by atoms with E-state index >= 15 is 0 Å². The van der Waals surface area contributed by atoms with Crippen molar-refractivity contribution in [2.75, 3.05) is 40.0 Å². The first-order valence-corrected chi connectivity index (χ1v) is 12.6. The Morgan fingerprint density at radius 2 is 2.08 bits per heavy atom. The Labute approximate surface area is 211 Å². The number of ether oxygens (including phenoxy) is 2. The molecule has 0 radical (unpaired) electrons. The van der Waals surface area contributed by atoms with Crippen molar-refractivity contribution in [3.05, 3.63) is 59.3 Å². The molecule has 1 aliphatic heterocycles. The van der Waals surface area contributed by atoms with Gasteiger partial charge >= 0.3 is 5.97 Å². The van der Waals surface area contributed by atoms with Crippen molar-refractivity contribution in [1.82, 2.24) is 15.2 Å². The molecule has 0 aliphatic carbocycles. The fraction of sp³-hybridized carbons (Fsp3) is 0.464. The Kier molecular flexibility index (Phi) is 8.48. The summed E-state index contributed by atoms with van der Waals surface area (Å²) in [7, 11) is 1.65. The highest BCUT2D eigenvalue weighted by Gasteiger charge is 2.38. The van der Waals surface area contributed by atoms with Crippen LogP contribution in [-0.2, 0) is 11.2 Å². The van der Waals surface area contributed by atoms with Crippen LogP contribution in [0.5, 0.6) is 11.5 Å². The van der Waals surface area contributed by atoms with Crippen molar-refractivity contribution in [3.8, 4) is 11.5 Å². The average Bonchev–Trinajstić information content (AvgIpc) is 3.24. The number of hydrogen-bond donors (Lipinski definition) is 3. The van der Waals surface area contributed by atoms with E-state index in [-0.39, 0.29) is 18.8 Å². The summed E-state index contributed by atoms with van der Waals surface area (Å²) in [5, 5.41) is 14.0. The number of aliphatic carboxylic acids is 1. The van der Waals surface area contributed by atoms with Gasteiger partial charge in [-0.2, -0.15) is 0 Å². The minimum absolute atomic E-state index is 0.123. The van der Waals surface area contributed by atoms with Gasteiger partial charge in [0.2, 0.25) is 0 Å². The molecular formula is C28H36FN3O4. The third-order valence-electron chi connectivity index (χ3n) is 6.95. The topological polar surface area (TPSA) is 86.8 Å². The molecule has 3 aromatic rings. The number of para-hydroxylation sites is 1. The van der Waals surface area contributed by atoms with Crippen LogP contribution in [0.1, 0.15) is 43.1 Å². The summed E-state index contributed by atoms with van der Waals surface area (Å²) >= 11 is 0. The van der Waals surface area contributed by atoms with E-state index in [9.17, 15) is 14.3 Å². The van der Waals surface area contributed by atoms with E-state index in [1.807, 2.05) is 30.3 Å². The summed E-state index contributed by atoms with van der Waals surface area (Å²) in [6.45, 7) is 5.67. The van der Waals surface area contributed by atoms with Crippen molar-refractivity contribution < 1.29 is 23.8 Å². The fourth-order valence-corrected chi connectivity index (χ4v) is 5.09. The minimum Gasteiger partial charge on any atom is -0.496 e. The summed E-state index contributed by atoms with van der Waals surface area (Å²) < 4.78 is 24.1. The van der Waals surface area contributed by atoms with Gasteiger partial charge in [-0.15, -0.1) is 0 Å². The van der Waals surface area contributed by atoms with E-state index in [4.69, 9.17) is 9.47 Å².